The molecule has 0 spiro atoms. The van der Waals surface area contributed by atoms with Gasteiger partial charge in [-0.3, -0.25) is 9.48 Å². The molecule has 0 radical (unpaired) electrons. The van der Waals surface area contributed by atoms with Gasteiger partial charge in [-0.2, -0.15) is 5.10 Å². The summed E-state index contributed by atoms with van der Waals surface area (Å²) in [5.74, 6) is 1.45. The molecule has 1 aromatic carbocycles. The Balaban J connectivity index is 1.94. The molecule has 6 nitrogen and oxygen atoms in total. The normalized spacial score (nSPS) is 14.7. The molecule has 152 valence electrons. The molecule has 1 aliphatic rings. The third kappa shape index (κ3) is 4.16. The molecule has 0 aliphatic heterocycles. The summed E-state index contributed by atoms with van der Waals surface area (Å²) in [7, 11) is 5.18. The van der Waals surface area contributed by atoms with Crippen molar-refractivity contribution >= 4 is 5.91 Å². The SMILES string of the molecule is CCCn1nc(-c2ccc(OC)cc2OC)cc1C(=O)N(C)C1CCCCC1. The van der Waals surface area contributed by atoms with Gasteiger partial charge in [-0.1, -0.05) is 26.2 Å². The van der Waals surface area contributed by atoms with Crippen molar-refractivity contribution in [1.29, 1.82) is 0 Å². The van der Waals surface area contributed by atoms with E-state index in [2.05, 4.69) is 6.92 Å². The van der Waals surface area contributed by atoms with Crippen LogP contribution in [0.1, 0.15) is 55.9 Å². The Morgan fingerprint density at radius 1 is 1.18 bits per heavy atom. The molecule has 0 N–H and O–H groups in total. The van der Waals surface area contributed by atoms with Gasteiger partial charge in [-0.05, 0) is 37.5 Å². The summed E-state index contributed by atoms with van der Waals surface area (Å²) >= 11 is 0. The summed E-state index contributed by atoms with van der Waals surface area (Å²) in [6.07, 6.45) is 6.75. The number of aromatic nitrogens is 2. The Hall–Kier alpha value is -2.50. The van der Waals surface area contributed by atoms with Gasteiger partial charge in [0, 0.05) is 31.3 Å². The Labute approximate surface area is 167 Å². The predicted octanol–water partition coefficient (Wildman–Crippen LogP) is 4.38. The first-order valence-corrected chi connectivity index (χ1v) is 10.2. The first-order chi connectivity index (χ1) is 13.6. The monoisotopic (exact) mass is 385 g/mol. The molecular formula is C22H31N3O3. The molecule has 1 aliphatic carbocycles. The number of hydrogen-bond acceptors (Lipinski definition) is 4. The predicted molar refractivity (Wildman–Crippen MR) is 110 cm³/mol. The summed E-state index contributed by atoms with van der Waals surface area (Å²) in [5, 5.41) is 4.73. The van der Waals surface area contributed by atoms with E-state index in [4.69, 9.17) is 14.6 Å². The van der Waals surface area contributed by atoms with Gasteiger partial charge in [0.2, 0.25) is 0 Å². The highest BCUT2D eigenvalue weighted by molar-refractivity contribution is 5.94. The zero-order valence-corrected chi connectivity index (χ0v) is 17.4. The van der Waals surface area contributed by atoms with Crippen molar-refractivity contribution in [2.75, 3.05) is 21.3 Å². The largest absolute Gasteiger partial charge is 0.497 e. The number of carbonyl (C=O) groups excluding carboxylic acids is 1. The van der Waals surface area contributed by atoms with Crippen LogP contribution in [0, 0.1) is 0 Å². The van der Waals surface area contributed by atoms with Gasteiger partial charge in [0.15, 0.2) is 0 Å². The van der Waals surface area contributed by atoms with Crippen molar-refractivity contribution < 1.29 is 14.3 Å². The van der Waals surface area contributed by atoms with Gasteiger partial charge >= 0.3 is 0 Å². The van der Waals surface area contributed by atoms with Crippen molar-refractivity contribution in [3.63, 3.8) is 0 Å². The molecule has 0 bridgehead atoms. The third-order valence-electron chi connectivity index (χ3n) is 5.56. The molecule has 2 aromatic rings. The third-order valence-corrected chi connectivity index (χ3v) is 5.56. The molecule has 0 saturated heterocycles. The molecule has 6 heteroatoms. The van der Waals surface area contributed by atoms with Crippen LogP contribution in [0.2, 0.25) is 0 Å². The lowest BCUT2D eigenvalue weighted by Gasteiger charge is -2.31. The minimum absolute atomic E-state index is 0.0478. The fraction of sp³-hybridized carbons (Fsp3) is 0.545. The molecule has 1 amide bonds. The van der Waals surface area contributed by atoms with Crippen LogP contribution in [-0.2, 0) is 6.54 Å². The van der Waals surface area contributed by atoms with E-state index in [1.165, 1.54) is 19.3 Å². The fourth-order valence-electron chi connectivity index (χ4n) is 3.93. The molecule has 3 rings (SSSR count). The van der Waals surface area contributed by atoms with Crippen molar-refractivity contribution in [1.82, 2.24) is 14.7 Å². The van der Waals surface area contributed by atoms with E-state index in [0.29, 0.717) is 24.0 Å². The number of methoxy groups -OCH3 is 2. The van der Waals surface area contributed by atoms with E-state index in [-0.39, 0.29) is 5.91 Å². The summed E-state index contributed by atoms with van der Waals surface area (Å²) in [4.78, 5) is 15.2. The van der Waals surface area contributed by atoms with Crippen LogP contribution in [0.3, 0.4) is 0 Å². The van der Waals surface area contributed by atoms with Crippen LogP contribution in [0.15, 0.2) is 24.3 Å². The first-order valence-electron chi connectivity index (χ1n) is 10.2. The first kappa shape index (κ1) is 20.2. The van der Waals surface area contributed by atoms with Crippen molar-refractivity contribution in [2.24, 2.45) is 0 Å². The lowest BCUT2D eigenvalue weighted by Crippen LogP contribution is -2.39. The number of aryl methyl sites for hydroxylation is 1. The second kappa shape index (κ2) is 9.13. The second-order valence-electron chi connectivity index (χ2n) is 7.41. The Bertz CT molecular complexity index is 809. The summed E-state index contributed by atoms with van der Waals surface area (Å²) in [5.41, 5.74) is 2.24. The van der Waals surface area contributed by atoms with Crippen LogP contribution >= 0.6 is 0 Å². The smallest absolute Gasteiger partial charge is 0.272 e. The molecule has 1 aromatic heterocycles. The lowest BCUT2D eigenvalue weighted by atomic mass is 9.94. The van der Waals surface area contributed by atoms with Gasteiger partial charge in [-0.25, -0.2) is 0 Å². The Morgan fingerprint density at radius 2 is 1.93 bits per heavy atom. The number of rotatable bonds is 7. The number of nitrogens with zero attached hydrogens (tertiary/aromatic N) is 3. The maximum Gasteiger partial charge on any atom is 0.272 e. The van der Waals surface area contributed by atoms with Crippen LogP contribution in [0.25, 0.3) is 11.3 Å². The molecular weight excluding hydrogens is 354 g/mol. The van der Waals surface area contributed by atoms with Crippen molar-refractivity contribution in [2.45, 2.75) is 58.0 Å². The molecule has 28 heavy (non-hydrogen) atoms. The molecule has 0 atom stereocenters. The Kier molecular flexibility index (Phi) is 6.60. The lowest BCUT2D eigenvalue weighted by molar-refractivity contribution is 0.0683. The van der Waals surface area contributed by atoms with Gasteiger partial charge in [0.05, 0.1) is 19.9 Å². The highest BCUT2D eigenvalue weighted by Crippen LogP contribution is 2.33. The van der Waals surface area contributed by atoms with Gasteiger partial charge < -0.3 is 14.4 Å². The number of ether oxygens (including phenoxy) is 2. The van der Waals surface area contributed by atoms with E-state index >= 15 is 0 Å². The van der Waals surface area contributed by atoms with E-state index in [9.17, 15) is 4.79 Å². The molecule has 1 fully saturated rings. The second-order valence-corrected chi connectivity index (χ2v) is 7.41. The van der Waals surface area contributed by atoms with Gasteiger partial charge in [0.1, 0.15) is 17.2 Å². The number of amides is 1. The summed E-state index contributed by atoms with van der Waals surface area (Å²) in [6.45, 7) is 2.80. The van der Waals surface area contributed by atoms with Crippen molar-refractivity contribution in [3.8, 4) is 22.8 Å². The summed E-state index contributed by atoms with van der Waals surface area (Å²) in [6, 6.07) is 7.86. The number of benzene rings is 1. The minimum Gasteiger partial charge on any atom is -0.497 e. The summed E-state index contributed by atoms with van der Waals surface area (Å²) < 4.78 is 12.6. The van der Waals surface area contributed by atoms with Crippen LogP contribution in [-0.4, -0.2) is 47.9 Å². The molecule has 1 saturated carbocycles. The topological polar surface area (TPSA) is 56.6 Å². The van der Waals surface area contributed by atoms with Crippen LogP contribution in [0.4, 0.5) is 0 Å². The van der Waals surface area contributed by atoms with Gasteiger partial charge in [-0.15, -0.1) is 0 Å². The quantitative estimate of drug-likeness (QED) is 0.710. The number of carbonyl (C=O) groups is 1. The zero-order chi connectivity index (χ0) is 20.1. The van der Waals surface area contributed by atoms with Gasteiger partial charge in [0.25, 0.3) is 5.91 Å². The fourth-order valence-corrected chi connectivity index (χ4v) is 3.93. The Morgan fingerprint density at radius 3 is 2.57 bits per heavy atom. The highest BCUT2D eigenvalue weighted by Gasteiger charge is 2.26. The minimum atomic E-state index is 0.0478. The van der Waals surface area contributed by atoms with Crippen molar-refractivity contribution in [3.05, 3.63) is 30.0 Å². The van der Waals surface area contributed by atoms with E-state index in [1.807, 2.05) is 40.9 Å². The zero-order valence-electron chi connectivity index (χ0n) is 17.4. The van der Waals surface area contributed by atoms with Crippen LogP contribution in [0.5, 0.6) is 11.5 Å². The average Bonchev–Trinajstić information content (AvgIpc) is 3.16. The maximum atomic E-state index is 13.3. The molecule has 0 unspecified atom stereocenters. The van der Waals surface area contributed by atoms with E-state index in [0.717, 1.165) is 36.3 Å². The van der Waals surface area contributed by atoms with E-state index in [1.54, 1.807) is 14.2 Å². The standard InChI is InChI=1S/C22H31N3O3/c1-5-13-25-20(22(26)24(2)16-9-7-6-8-10-16)15-19(23-25)18-12-11-17(27-3)14-21(18)28-4/h11-12,14-16H,5-10,13H2,1-4H3. The van der Waals surface area contributed by atoms with Crippen LogP contribution < -0.4 is 9.47 Å². The molecule has 1 heterocycles. The average molecular weight is 386 g/mol. The maximum absolute atomic E-state index is 13.3. The number of hydrogen-bond donors (Lipinski definition) is 0. The van der Waals surface area contributed by atoms with E-state index < -0.39 is 0 Å². The highest BCUT2D eigenvalue weighted by atomic mass is 16.5.